The standard InChI is InChI=1S/C33H56N2O4/c1-3-4-5-6-7-8-9-10-11-12-13-14-15-16-17-20-25-34-33(37)39-30-31(2)29-38-32(36)24-19-23-28-35-26-21-18-22-27-35/h18,21-22,26-27H,2-17,19-20,23-25,28-30H2,1H3/p+1. The molecule has 0 spiro atoms. The van der Waals surface area contributed by atoms with Gasteiger partial charge in [0.25, 0.3) is 0 Å². The van der Waals surface area contributed by atoms with Gasteiger partial charge in [-0.25, -0.2) is 9.36 Å². The van der Waals surface area contributed by atoms with Crippen LogP contribution >= 0.6 is 0 Å². The van der Waals surface area contributed by atoms with E-state index in [1.807, 2.05) is 30.6 Å². The number of nitrogens with zero attached hydrogens (tertiary/aromatic N) is 1. The molecule has 0 aliphatic heterocycles. The van der Waals surface area contributed by atoms with Gasteiger partial charge in [-0.15, -0.1) is 0 Å². The van der Waals surface area contributed by atoms with E-state index < -0.39 is 6.09 Å². The summed E-state index contributed by atoms with van der Waals surface area (Å²) >= 11 is 0. The van der Waals surface area contributed by atoms with Gasteiger partial charge in [0.1, 0.15) is 19.8 Å². The zero-order valence-electron chi connectivity index (χ0n) is 24.9. The first-order chi connectivity index (χ1) is 19.1. The van der Waals surface area contributed by atoms with E-state index in [1.54, 1.807) is 0 Å². The molecule has 0 saturated heterocycles. The quantitative estimate of drug-likeness (QED) is 0.0551. The van der Waals surface area contributed by atoms with Gasteiger partial charge in [-0.05, 0) is 18.4 Å². The normalized spacial score (nSPS) is 10.8. The fourth-order valence-electron chi connectivity index (χ4n) is 4.53. The molecule has 0 radical (unpaired) electrons. The predicted octanol–water partition coefficient (Wildman–Crippen LogP) is 8.23. The van der Waals surface area contributed by atoms with Crippen LogP contribution in [0.15, 0.2) is 42.7 Å². The molecule has 39 heavy (non-hydrogen) atoms. The van der Waals surface area contributed by atoms with E-state index in [2.05, 4.69) is 23.4 Å². The number of nitrogens with one attached hydrogen (secondary N) is 1. The maximum Gasteiger partial charge on any atom is 0.407 e. The highest BCUT2D eigenvalue weighted by molar-refractivity contribution is 5.69. The second-order valence-electron chi connectivity index (χ2n) is 10.8. The number of hydrogen-bond acceptors (Lipinski definition) is 4. The van der Waals surface area contributed by atoms with Gasteiger partial charge in [0, 0.05) is 31.5 Å². The van der Waals surface area contributed by atoms with E-state index in [9.17, 15) is 9.59 Å². The smallest absolute Gasteiger partial charge is 0.407 e. The first-order valence-electron chi connectivity index (χ1n) is 15.8. The van der Waals surface area contributed by atoms with Gasteiger partial charge in [0.05, 0.1) is 0 Å². The highest BCUT2D eigenvalue weighted by Crippen LogP contribution is 2.13. The molecule has 0 fully saturated rings. The number of hydrogen-bond donors (Lipinski definition) is 1. The Kier molecular flexibility index (Phi) is 23.0. The predicted molar refractivity (Wildman–Crippen MR) is 159 cm³/mol. The zero-order valence-corrected chi connectivity index (χ0v) is 24.9. The number of esters is 1. The molecule has 222 valence electrons. The van der Waals surface area contributed by atoms with Crippen molar-refractivity contribution in [2.45, 2.75) is 135 Å². The molecule has 0 aliphatic rings. The van der Waals surface area contributed by atoms with Crippen LogP contribution in [-0.2, 0) is 20.8 Å². The summed E-state index contributed by atoms with van der Waals surface area (Å²) in [6.07, 6.45) is 26.9. The number of pyridine rings is 1. The summed E-state index contributed by atoms with van der Waals surface area (Å²) in [4.78, 5) is 23.7. The monoisotopic (exact) mass is 545 g/mol. The van der Waals surface area contributed by atoms with E-state index in [0.717, 1.165) is 32.2 Å². The molecule has 0 unspecified atom stereocenters. The van der Waals surface area contributed by atoms with E-state index in [0.29, 0.717) is 18.5 Å². The van der Waals surface area contributed by atoms with Gasteiger partial charge in [-0.2, -0.15) is 0 Å². The van der Waals surface area contributed by atoms with Gasteiger partial charge < -0.3 is 14.8 Å². The highest BCUT2D eigenvalue weighted by Gasteiger charge is 2.08. The van der Waals surface area contributed by atoms with E-state index >= 15 is 0 Å². The van der Waals surface area contributed by atoms with Crippen molar-refractivity contribution in [2.75, 3.05) is 19.8 Å². The second kappa shape index (κ2) is 25.9. The number of aromatic nitrogens is 1. The number of aryl methyl sites for hydroxylation is 1. The van der Waals surface area contributed by atoms with Crippen molar-refractivity contribution in [3.8, 4) is 0 Å². The summed E-state index contributed by atoms with van der Waals surface area (Å²) < 4.78 is 12.5. The zero-order chi connectivity index (χ0) is 28.2. The first-order valence-corrected chi connectivity index (χ1v) is 15.8. The molecule has 1 amide bonds. The number of carbonyl (C=O) groups is 2. The Balaban J connectivity index is 1.82. The molecule has 1 heterocycles. The third kappa shape index (κ3) is 23.3. The Morgan fingerprint density at radius 3 is 1.74 bits per heavy atom. The second-order valence-corrected chi connectivity index (χ2v) is 10.8. The largest absolute Gasteiger partial charge is 0.461 e. The van der Waals surface area contributed by atoms with Crippen molar-refractivity contribution in [3.63, 3.8) is 0 Å². The lowest BCUT2D eigenvalue weighted by molar-refractivity contribution is -0.697. The third-order valence-electron chi connectivity index (χ3n) is 6.97. The molecule has 6 nitrogen and oxygen atoms in total. The number of ether oxygens (including phenoxy) is 2. The van der Waals surface area contributed by atoms with Crippen molar-refractivity contribution in [1.82, 2.24) is 5.32 Å². The summed E-state index contributed by atoms with van der Waals surface area (Å²) in [6, 6.07) is 5.96. The first kappa shape index (κ1) is 34.7. The Morgan fingerprint density at radius 2 is 1.18 bits per heavy atom. The Hall–Kier alpha value is -2.37. The number of amides is 1. The molecule has 1 N–H and O–H groups in total. The lowest BCUT2D eigenvalue weighted by Gasteiger charge is -2.10. The van der Waals surface area contributed by atoms with E-state index in [1.165, 1.54) is 89.9 Å². The van der Waals surface area contributed by atoms with Crippen LogP contribution in [0, 0.1) is 0 Å². The Bertz CT molecular complexity index is 738. The van der Waals surface area contributed by atoms with Crippen molar-refractivity contribution in [2.24, 2.45) is 0 Å². The lowest BCUT2D eigenvalue weighted by Crippen LogP contribution is -2.32. The molecular weight excluding hydrogens is 488 g/mol. The molecular formula is C33H57N2O4+. The molecule has 6 heteroatoms. The molecule has 0 saturated carbocycles. The third-order valence-corrected chi connectivity index (χ3v) is 6.97. The van der Waals surface area contributed by atoms with Gasteiger partial charge in [0.2, 0.25) is 0 Å². The molecule has 0 bridgehead atoms. The van der Waals surface area contributed by atoms with Gasteiger partial charge >= 0.3 is 12.1 Å². The number of carbonyl (C=O) groups excluding carboxylic acids is 2. The van der Waals surface area contributed by atoms with Crippen LogP contribution in [0.2, 0.25) is 0 Å². The minimum Gasteiger partial charge on any atom is -0.461 e. The molecule has 1 aromatic rings. The number of rotatable bonds is 26. The van der Waals surface area contributed by atoms with Crippen molar-refractivity contribution < 1.29 is 23.6 Å². The van der Waals surface area contributed by atoms with E-state index in [4.69, 9.17) is 9.47 Å². The lowest BCUT2D eigenvalue weighted by atomic mass is 10.0. The maximum absolute atomic E-state index is 11.9. The Labute approximate surface area is 238 Å². The van der Waals surface area contributed by atoms with Crippen LogP contribution in [0.25, 0.3) is 0 Å². The minimum atomic E-state index is -0.443. The molecule has 0 aliphatic carbocycles. The van der Waals surface area contributed by atoms with Crippen LogP contribution in [0.3, 0.4) is 0 Å². The number of alkyl carbamates (subject to hydrolysis) is 1. The highest BCUT2D eigenvalue weighted by atomic mass is 16.6. The van der Waals surface area contributed by atoms with Crippen LogP contribution < -0.4 is 9.88 Å². The molecule has 1 aromatic heterocycles. The van der Waals surface area contributed by atoms with Gasteiger partial charge in [-0.1, -0.05) is 116 Å². The van der Waals surface area contributed by atoms with Gasteiger partial charge in [0.15, 0.2) is 12.4 Å². The molecule has 1 rings (SSSR count). The summed E-state index contributed by atoms with van der Waals surface area (Å²) in [5, 5.41) is 2.79. The fraction of sp³-hybridized carbons (Fsp3) is 0.727. The van der Waals surface area contributed by atoms with Crippen LogP contribution in [0.5, 0.6) is 0 Å². The van der Waals surface area contributed by atoms with Crippen molar-refractivity contribution in [3.05, 3.63) is 42.7 Å². The topological polar surface area (TPSA) is 68.5 Å². The average Bonchev–Trinajstić information content (AvgIpc) is 2.95. The minimum absolute atomic E-state index is 0.0583. The van der Waals surface area contributed by atoms with E-state index in [-0.39, 0.29) is 19.2 Å². The summed E-state index contributed by atoms with van der Waals surface area (Å²) in [6.45, 7) is 7.75. The van der Waals surface area contributed by atoms with Crippen LogP contribution in [0.4, 0.5) is 4.79 Å². The Morgan fingerprint density at radius 1 is 0.667 bits per heavy atom. The molecule has 0 aromatic carbocycles. The average molecular weight is 546 g/mol. The SMILES string of the molecule is C=C(COC(=O)CCCC[n+]1ccccc1)COC(=O)NCCCCCCCCCCCCCCCCCC. The summed E-state index contributed by atoms with van der Waals surface area (Å²) in [5.74, 6) is -0.248. The number of unbranched alkanes of at least 4 members (excludes halogenated alkanes) is 16. The maximum atomic E-state index is 11.9. The van der Waals surface area contributed by atoms with Crippen molar-refractivity contribution >= 4 is 12.1 Å². The van der Waals surface area contributed by atoms with Crippen molar-refractivity contribution in [1.29, 1.82) is 0 Å². The fourth-order valence-corrected chi connectivity index (χ4v) is 4.53. The summed E-state index contributed by atoms with van der Waals surface area (Å²) in [7, 11) is 0. The summed E-state index contributed by atoms with van der Waals surface area (Å²) in [5.41, 5.74) is 0.570. The molecule has 0 atom stereocenters. The van der Waals surface area contributed by atoms with Crippen LogP contribution in [0.1, 0.15) is 129 Å². The van der Waals surface area contributed by atoms with Gasteiger partial charge in [-0.3, -0.25) is 4.79 Å². The van der Waals surface area contributed by atoms with Crippen LogP contribution in [-0.4, -0.2) is 31.8 Å².